The maximum Gasteiger partial charge on any atom is 0.490 e. The highest BCUT2D eigenvalue weighted by Gasteiger charge is 2.38. The summed E-state index contributed by atoms with van der Waals surface area (Å²) in [6, 6.07) is 8.39. The largest absolute Gasteiger partial charge is 0.490 e. The van der Waals surface area contributed by atoms with Crippen LogP contribution in [0.4, 0.5) is 13.2 Å². The van der Waals surface area contributed by atoms with E-state index in [0.717, 1.165) is 44.1 Å². The van der Waals surface area contributed by atoms with Crippen LogP contribution >= 0.6 is 11.3 Å². The molecule has 1 aliphatic heterocycles. The van der Waals surface area contributed by atoms with Crippen molar-refractivity contribution >= 4 is 17.3 Å². The second-order valence-corrected chi connectivity index (χ2v) is 7.26. The van der Waals surface area contributed by atoms with Crippen molar-refractivity contribution in [3.8, 4) is 0 Å². The fourth-order valence-corrected chi connectivity index (χ4v) is 3.60. The molecule has 0 unspecified atom stereocenters. The van der Waals surface area contributed by atoms with Crippen molar-refractivity contribution in [2.24, 2.45) is 0 Å². The molecule has 10 heteroatoms. The Morgan fingerprint density at radius 1 is 1.25 bits per heavy atom. The number of thiophene rings is 1. The van der Waals surface area contributed by atoms with Gasteiger partial charge in [-0.05, 0) is 23.6 Å². The summed E-state index contributed by atoms with van der Waals surface area (Å²) < 4.78 is 39.4. The molecule has 0 aliphatic carbocycles. The van der Waals surface area contributed by atoms with Crippen LogP contribution in [0.3, 0.4) is 0 Å². The molecule has 0 amide bonds. The van der Waals surface area contributed by atoms with E-state index in [0.29, 0.717) is 0 Å². The fraction of sp³-hybridized carbons (Fsp3) is 0.333. The summed E-state index contributed by atoms with van der Waals surface area (Å²) in [7, 11) is 0. The Kier molecular flexibility index (Phi) is 6.20. The molecule has 150 valence electrons. The van der Waals surface area contributed by atoms with Gasteiger partial charge >= 0.3 is 12.1 Å². The lowest BCUT2D eigenvalue weighted by molar-refractivity contribution is -0.192. The summed E-state index contributed by atoms with van der Waals surface area (Å²) in [6.45, 7) is 3.79. The summed E-state index contributed by atoms with van der Waals surface area (Å²) in [5.74, 6) is -1.69. The smallest absolute Gasteiger partial charge is 0.475 e. The predicted octanol–water partition coefficient (Wildman–Crippen LogP) is 3.78. The predicted molar refractivity (Wildman–Crippen MR) is 95.9 cm³/mol. The first-order valence-corrected chi connectivity index (χ1v) is 9.33. The molecule has 0 atom stereocenters. The third-order valence-electron chi connectivity index (χ3n) is 4.19. The number of carbonyl (C=O) groups is 1. The van der Waals surface area contributed by atoms with Gasteiger partial charge < -0.3 is 14.2 Å². The molecule has 0 saturated heterocycles. The molecule has 6 nitrogen and oxygen atoms in total. The van der Waals surface area contributed by atoms with E-state index < -0.39 is 12.1 Å². The van der Waals surface area contributed by atoms with E-state index in [1.807, 2.05) is 23.5 Å². The van der Waals surface area contributed by atoms with Gasteiger partial charge in [-0.2, -0.15) is 13.2 Å². The lowest BCUT2D eigenvalue weighted by atomic mass is 10.1. The van der Waals surface area contributed by atoms with Crippen molar-refractivity contribution < 1.29 is 27.6 Å². The van der Waals surface area contributed by atoms with Gasteiger partial charge in [0.1, 0.15) is 11.5 Å². The van der Waals surface area contributed by atoms with Gasteiger partial charge in [0.25, 0.3) is 0 Å². The van der Waals surface area contributed by atoms with Crippen LogP contribution in [0.5, 0.6) is 0 Å². The number of hydrogen-bond acceptors (Lipinski definition) is 5. The summed E-state index contributed by atoms with van der Waals surface area (Å²) in [6.07, 6.45) is 0.0000214. The molecule has 1 N–H and O–H groups in total. The third-order valence-corrected chi connectivity index (χ3v) is 5.05. The van der Waals surface area contributed by atoms with Crippen LogP contribution in [0.1, 0.15) is 21.9 Å². The number of carboxylic acids is 1. The zero-order valence-electron chi connectivity index (χ0n) is 14.7. The van der Waals surface area contributed by atoms with Crippen molar-refractivity contribution in [1.82, 2.24) is 14.6 Å². The SMILES string of the molecule is O=C(O)C(F)(F)F.c1csc(CN2CCc3onc(Cn4cccc4)c3C2)c1. The summed E-state index contributed by atoms with van der Waals surface area (Å²) in [4.78, 5) is 12.8. The molecule has 3 aromatic rings. The van der Waals surface area contributed by atoms with Gasteiger partial charge in [-0.25, -0.2) is 4.79 Å². The molecule has 3 aromatic heterocycles. The molecule has 4 rings (SSSR count). The highest BCUT2D eigenvalue weighted by atomic mass is 32.1. The zero-order chi connectivity index (χ0) is 20.1. The highest BCUT2D eigenvalue weighted by molar-refractivity contribution is 7.09. The molecule has 0 bridgehead atoms. The van der Waals surface area contributed by atoms with Gasteiger partial charge in [-0.15, -0.1) is 11.3 Å². The topological polar surface area (TPSA) is 71.5 Å². The van der Waals surface area contributed by atoms with E-state index in [-0.39, 0.29) is 0 Å². The zero-order valence-corrected chi connectivity index (χ0v) is 15.5. The molecule has 1 aliphatic rings. The van der Waals surface area contributed by atoms with Crippen molar-refractivity contribution in [3.63, 3.8) is 0 Å². The standard InChI is InChI=1S/C16H17N3OS.C2HF3O2/c1-2-7-18(6-1)12-15-14-11-19(8-5-16(14)20-17-15)10-13-4-3-9-21-13;3-2(4,5)1(6)7/h1-4,6-7,9H,5,8,10-12H2;(H,6,7). The van der Waals surface area contributed by atoms with Crippen molar-refractivity contribution in [2.45, 2.75) is 32.2 Å². The monoisotopic (exact) mass is 413 g/mol. The Bertz CT molecular complexity index is 889. The van der Waals surface area contributed by atoms with Crippen LogP contribution in [0.2, 0.25) is 0 Å². The van der Waals surface area contributed by atoms with Gasteiger partial charge in [0.05, 0.1) is 6.54 Å². The van der Waals surface area contributed by atoms with E-state index in [9.17, 15) is 13.2 Å². The number of rotatable bonds is 4. The molecule has 4 heterocycles. The Hall–Kier alpha value is -2.59. The maximum absolute atomic E-state index is 10.6. The van der Waals surface area contributed by atoms with Crippen LogP contribution in [-0.4, -0.2) is 38.4 Å². The first-order valence-electron chi connectivity index (χ1n) is 8.45. The fourth-order valence-electron chi connectivity index (χ4n) is 2.85. The Morgan fingerprint density at radius 2 is 1.96 bits per heavy atom. The van der Waals surface area contributed by atoms with Gasteiger partial charge in [0.15, 0.2) is 0 Å². The Labute approximate surface area is 162 Å². The number of fused-ring (bicyclic) bond motifs is 1. The molecule has 0 saturated carbocycles. The number of aromatic nitrogens is 2. The molecular formula is C18H18F3N3O3S. The molecule has 0 aromatic carbocycles. The first kappa shape index (κ1) is 20.2. The third kappa shape index (κ3) is 5.23. The van der Waals surface area contributed by atoms with E-state index in [1.165, 1.54) is 10.4 Å². The number of carboxylic acid groups (broad SMARTS) is 1. The lowest BCUT2D eigenvalue weighted by Crippen LogP contribution is -2.29. The van der Waals surface area contributed by atoms with Crippen LogP contribution in [-0.2, 0) is 30.8 Å². The van der Waals surface area contributed by atoms with Crippen LogP contribution < -0.4 is 0 Å². The minimum Gasteiger partial charge on any atom is -0.475 e. The van der Waals surface area contributed by atoms with Crippen LogP contribution in [0.25, 0.3) is 0 Å². The van der Waals surface area contributed by atoms with E-state index >= 15 is 0 Å². The quantitative estimate of drug-likeness (QED) is 0.705. The number of alkyl halides is 3. The molecule has 28 heavy (non-hydrogen) atoms. The number of nitrogens with zero attached hydrogens (tertiary/aromatic N) is 3. The molecule has 0 radical (unpaired) electrons. The minimum atomic E-state index is -5.08. The average Bonchev–Trinajstić information content (AvgIpc) is 3.38. The number of aliphatic carboxylic acids is 1. The van der Waals surface area contributed by atoms with Gasteiger partial charge in [-0.3, -0.25) is 4.90 Å². The first-order chi connectivity index (χ1) is 13.3. The van der Waals surface area contributed by atoms with Gasteiger partial charge in [0.2, 0.25) is 0 Å². The normalized spacial score (nSPS) is 14.2. The van der Waals surface area contributed by atoms with Gasteiger partial charge in [0, 0.05) is 48.9 Å². The van der Waals surface area contributed by atoms with Crippen LogP contribution in [0, 0.1) is 0 Å². The molecule has 0 fully saturated rings. The van der Waals surface area contributed by atoms with Crippen molar-refractivity contribution in [2.75, 3.05) is 6.54 Å². The van der Waals surface area contributed by atoms with E-state index in [2.05, 4.69) is 44.5 Å². The summed E-state index contributed by atoms with van der Waals surface area (Å²) >= 11 is 1.82. The minimum absolute atomic E-state index is 0.790. The number of halogens is 3. The van der Waals surface area contributed by atoms with Crippen molar-refractivity contribution in [3.05, 3.63) is 63.9 Å². The van der Waals surface area contributed by atoms with Crippen molar-refractivity contribution in [1.29, 1.82) is 0 Å². The maximum atomic E-state index is 10.6. The average molecular weight is 413 g/mol. The highest BCUT2D eigenvalue weighted by Crippen LogP contribution is 2.25. The summed E-state index contributed by atoms with van der Waals surface area (Å²) in [5, 5.41) is 13.5. The second kappa shape index (κ2) is 8.61. The Morgan fingerprint density at radius 3 is 2.57 bits per heavy atom. The second-order valence-electron chi connectivity index (χ2n) is 6.23. The van der Waals surface area contributed by atoms with E-state index in [4.69, 9.17) is 14.4 Å². The molecular weight excluding hydrogens is 395 g/mol. The number of hydrogen-bond donors (Lipinski definition) is 1. The van der Waals surface area contributed by atoms with E-state index in [1.54, 1.807) is 0 Å². The lowest BCUT2D eigenvalue weighted by Gasteiger charge is -2.25. The Balaban J connectivity index is 0.000000279. The summed E-state index contributed by atoms with van der Waals surface area (Å²) in [5.41, 5.74) is 2.35. The molecule has 0 spiro atoms. The van der Waals surface area contributed by atoms with Crippen LogP contribution in [0.15, 0.2) is 46.6 Å². The van der Waals surface area contributed by atoms with Gasteiger partial charge in [-0.1, -0.05) is 11.2 Å².